The Morgan fingerprint density at radius 3 is 2.73 bits per heavy atom. The molecule has 2 atom stereocenters. The van der Waals surface area contributed by atoms with Gasteiger partial charge in [-0.1, -0.05) is 23.8 Å². The second kappa shape index (κ2) is 2.80. The maximum Gasteiger partial charge on any atom is 0.0967 e. The standard InChI is InChI=1S/C9H15NO/c1-7-4-5-8(11-3)9(2,10)6-7/h4-6,8H,10H2,1-3H3. The van der Waals surface area contributed by atoms with Gasteiger partial charge in [-0.05, 0) is 13.8 Å². The molecule has 2 unspecified atom stereocenters. The molecule has 1 aliphatic rings. The Morgan fingerprint density at radius 2 is 2.27 bits per heavy atom. The monoisotopic (exact) mass is 153 g/mol. The maximum atomic E-state index is 5.97. The number of ether oxygens (including phenoxy) is 1. The Bertz CT molecular complexity index is 204. The Morgan fingerprint density at radius 1 is 1.64 bits per heavy atom. The van der Waals surface area contributed by atoms with Crippen LogP contribution in [-0.4, -0.2) is 18.8 Å². The molecule has 2 heteroatoms. The van der Waals surface area contributed by atoms with Crippen molar-refractivity contribution in [3.8, 4) is 0 Å². The molecule has 0 spiro atoms. The van der Waals surface area contributed by atoms with E-state index in [1.54, 1.807) is 7.11 Å². The van der Waals surface area contributed by atoms with Gasteiger partial charge in [0.1, 0.15) is 0 Å². The minimum atomic E-state index is -0.354. The molecule has 0 aromatic rings. The second-order valence-corrected chi connectivity index (χ2v) is 3.27. The minimum absolute atomic E-state index is 0.00574. The number of nitrogens with two attached hydrogens (primary N) is 1. The van der Waals surface area contributed by atoms with Gasteiger partial charge in [-0.15, -0.1) is 0 Å². The topological polar surface area (TPSA) is 35.2 Å². The smallest absolute Gasteiger partial charge is 0.0967 e. The summed E-state index contributed by atoms with van der Waals surface area (Å²) in [6, 6.07) is 0. The van der Waals surface area contributed by atoms with E-state index < -0.39 is 0 Å². The van der Waals surface area contributed by atoms with Crippen molar-refractivity contribution in [1.82, 2.24) is 0 Å². The Kier molecular flexibility index (Phi) is 2.16. The third kappa shape index (κ3) is 1.70. The average Bonchev–Trinajstić information content (AvgIpc) is 1.85. The molecule has 2 N–H and O–H groups in total. The Labute approximate surface area is 67.7 Å². The van der Waals surface area contributed by atoms with Crippen LogP contribution in [0.5, 0.6) is 0 Å². The van der Waals surface area contributed by atoms with Crippen LogP contribution in [0.25, 0.3) is 0 Å². The zero-order valence-electron chi connectivity index (χ0n) is 7.29. The maximum absolute atomic E-state index is 5.97. The molecule has 0 aliphatic heterocycles. The molecule has 0 saturated carbocycles. The Hall–Kier alpha value is -0.600. The van der Waals surface area contributed by atoms with Gasteiger partial charge in [-0.2, -0.15) is 0 Å². The van der Waals surface area contributed by atoms with E-state index >= 15 is 0 Å². The summed E-state index contributed by atoms with van der Waals surface area (Å²) in [6.45, 7) is 4.00. The van der Waals surface area contributed by atoms with Crippen molar-refractivity contribution < 1.29 is 4.74 Å². The Balaban J connectivity index is 2.84. The third-order valence-electron chi connectivity index (χ3n) is 1.94. The number of methoxy groups -OCH3 is 1. The van der Waals surface area contributed by atoms with E-state index in [0.29, 0.717) is 0 Å². The van der Waals surface area contributed by atoms with Crippen LogP contribution in [0.1, 0.15) is 13.8 Å². The fraction of sp³-hybridized carbons (Fsp3) is 0.556. The first-order chi connectivity index (χ1) is 5.06. The highest BCUT2D eigenvalue weighted by atomic mass is 16.5. The highest BCUT2D eigenvalue weighted by Gasteiger charge is 2.27. The van der Waals surface area contributed by atoms with Crippen molar-refractivity contribution in [1.29, 1.82) is 0 Å². The van der Waals surface area contributed by atoms with Crippen LogP contribution in [0.3, 0.4) is 0 Å². The van der Waals surface area contributed by atoms with Gasteiger partial charge in [0.25, 0.3) is 0 Å². The van der Waals surface area contributed by atoms with Crippen molar-refractivity contribution in [2.24, 2.45) is 5.73 Å². The summed E-state index contributed by atoms with van der Waals surface area (Å²) >= 11 is 0. The first-order valence-electron chi connectivity index (χ1n) is 3.75. The molecule has 11 heavy (non-hydrogen) atoms. The zero-order chi connectivity index (χ0) is 8.48. The molecule has 0 aromatic heterocycles. The van der Waals surface area contributed by atoms with Gasteiger partial charge in [-0.3, -0.25) is 0 Å². The number of rotatable bonds is 1. The minimum Gasteiger partial charge on any atom is -0.375 e. The molecule has 0 heterocycles. The molecular formula is C9H15NO. The van der Waals surface area contributed by atoms with Crippen molar-refractivity contribution in [3.63, 3.8) is 0 Å². The van der Waals surface area contributed by atoms with Gasteiger partial charge in [0, 0.05) is 7.11 Å². The van der Waals surface area contributed by atoms with Crippen LogP contribution >= 0.6 is 0 Å². The van der Waals surface area contributed by atoms with E-state index in [1.165, 1.54) is 5.57 Å². The first kappa shape index (κ1) is 8.50. The predicted octanol–water partition coefficient (Wildman–Crippen LogP) is 1.23. The van der Waals surface area contributed by atoms with E-state index in [2.05, 4.69) is 0 Å². The van der Waals surface area contributed by atoms with Crippen molar-refractivity contribution in [3.05, 3.63) is 23.8 Å². The van der Waals surface area contributed by atoms with E-state index in [9.17, 15) is 0 Å². The van der Waals surface area contributed by atoms with Gasteiger partial charge in [0.05, 0.1) is 11.6 Å². The van der Waals surface area contributed by atoms with Gasteiger partial charge in [0.15, 0.2) is 0 Å². The van der Waals surface area contributed by atoms with Gasteiger partial charge in [-0.25, -0.2) is 0 Å². The molecule has 0 saturated heterocycles. The zero-order valence-corrected chi connectivity index (χ0v) is 7.29. The highest BCUT2D eigenvalue weighted by molar-refractivity contribution is 5.30. The van der Waals surface area contributed by atoms with Crippen molar-refractivity contribution >= 4 is 0 Å². The van der Waals surface area contributed by atoms with Crippen LogP contribution < -0.4 is 5.73 Å². The van der Waals surface area contributed by atoms with Crippen LogP contribution in [0.15, 0.2) is 23.8 Å². The molecule has 2 nitrogen and oxygen atoms in total. The molecule has 0 amide bonds. The molecule has 0 radical (unpaired) electrons. The number of allylic oxidation sites excluding steroid dienone is 2. The average molecular weight is 153 g/mol. The molecule has 1 aliphatic carbocycles. The molecule has 0 aromatic carbocycles. The number of hydrogen-bond donors (Lipinski definition) is 1. The van der Waals surface area contributed by atoms with Crippen molar-refractivity contribution in [2.75, 3.05) is 7.11 Å². The van der Waals surface area contributed by atoms with Gasteiger partial charge >= 0.3 is 0 Å². The summed E-state index contributed by atoms with van der Waals surface area (Å²) in [5, 5.41) is 0. The van der Waals surface area contributed by atoms with E-state index in [4.69, 9.17) is 10.5 Å². The lowest BCUT2D eigenvalue weighted by Crippen LogP contribution is -2.47. The quantitative estimate of drug-likeness (QED) is 0.615. The fourth-order valence-corrected chi connectivity index (χ4v) is 1.40. The van der Waals surface area contributed by atoms with E-state index in [0.717, 1.165) is 0 Å². The summed E-state index contributed by atoms with van der Waals surface area (Å²) in [7, 11) is 1.68. The largest absolute Gasteiger partial charge is 0.375 e. The molecular weight excluding hydrogens is 138 g/mol. The van der Waals surface area contributed by atoms with E-state index in [1.807, 2.05) is 32.1 Å². The molecule has 1 rings (SSSR count). The number of hydrogen-bond acceptors (Lipinski definition) is 2. The SMILES string of the molecule is COC1C=CC(C)=CC1(C)N. The van der Waals surface area contributed by atoms with Crippen LogP contribution in [-0.2, 0) is 4.74 Å². The lowest BCUT2D eigenvalue weighted by Gasteiger charge is -2.31. The third-order valence-corrected chi connectivity index (χ3v) is 1.94. The van der Waals surface area contributed by atoms with Crippen LogP contribution in [0, 0.1) is 0 Å². The summed E-state index contributed by atoms with van der Waals surface area (Å²) in [6.07, 6.45) is 6.06. The van der Waals surface area contributed by atoms with Crippen LogP contribution in [0.4, 0.5) is 0 Å². The van der Waals surface area contributed by atoms with Crippen LogP contribution in [0.2, 0.25) is 0 Å². The predicted molar refractivity (Wildman–Crippen MR) is 46.3 cm³/mol. The summed E-state index contributed by atoms with van der Waals surface area (Å²) in [5.41, 5.74) is 6.81. The summed E-state index contributed by atoms with van der Waals surface area (Å²) in [5.74, 6) is 0. The summed E-state index contributed by atoms with van der Waals surface area (Å²) in [4.78, 5) is 0. The lowest BCUT2D eigenvalue weighted by atomic mass is 9.89. The molecule has 0 fully saturated rings. The second-order valence-electron chi connectivity index (χ2n) is 3.27. The molecule has 0 bridgehead atoms. The van der Waals surface area contributed by atoms with Gasteiger partial charge < -0.3 is 10.5 Å². The first-order valence-corrected chi connectivity index (χ1v) is 3.75. The van der Waals surface area contributed by atoms with Gasteiger partial charge in [0.2, 0.25) is 0 Å². The fourth-order valence-electron chi connectivity index (χ4n) is 1.40. The summed E-state index contributed by atoms with van der Waals surface area (Å²) < 4.78 is 5.20. The lowest BCUT2D eigenvalue weighted by molar-refractivity contribution is 0.0963. The highest BCUT2D eigenvalue weighted by Crippen LogP contribution is 2.20. The molecule has 62 valence electrons. The normalized spacial score (nSPS) is 37.1. The van der Waals surface area contributed by atoms with Crippen molar-refractivity contribution in [2.45, 2.75) is 25.5 Å². The van der Waals surface area contributed by atoms with E-state index in [-0.39, 0.29) is 11.6 Å².